The van der Waals surface area contributed by atoms with Gasteiger partial charge in [0.25, 0.3) is 5.69 Å². The second kappa shape index (κ2) is 5.63. The molecule has 0 amide bonds. The minimum Gasteiger partial charge on any atom is -0.313 e. The van der Waals surface area contributed by atoms with E-state index in [2.05, 4.69) is 33.0 Å². The molecule has 0 spiro atoms. The third kappa shape index (κ3) is 3.29. The van der Waals surface area contributed by atoms with Crippen molar-refractivity contribution in [3.8, 4) is 0 Å². The van der Waals surface area contributed by atoms with Crippen LogP contribution in [0.5, 0.6) is 0 Å². The van der Waals surface area contributed by atoms with Gasteiger partial charge in [-0.05, 0) is 47.6 Å². The lowest BCUT2D eigenvalue weighted by Crippen LogP contribution is -2.35. The molecule has 92 valence electrons. The molecule has 1 aromatic rings. The second-order valence-electron chi connectivity index (χ2n) is 4.08. The van der Waals surface area contributed by atoms with Crippen molar-refractivity contribution in [1.29, 1.82) is 0 Å². The Hall–Kier alpha value is -0.890. The highest BCUT2D eigenvalue weighted by Gasteiger charge is 2.17. The lowest BCUT2D eigenvalue weighted by atomic mass is 10.2. The zero-order valence-electron chi connectivity index (χ0n) is 9.36. The summed E-state index contributed by atoms with van der Waals surface area (Å²) >= 11 is 2.08. The third-order valence-corrected chi connectivity index (χ3v) is 3.46. The monoisotopic (exact) mass is 347 g/mol. The molecule has 0 bridgehead atoms. The fraction of sp³-hybridized carbons (Fsp3) is 0.455. The van der Waals surface area contributed by atoms with E-state index in [1.54, 1.807) is 12.1 Å². The van der Waals surface area contributed by atoms with Crippen LogP contribution in [0.15, 0.2) is 18.2 Å². The predicted molar refractivity (Wildman–Crippen MR) is 74.9 cm³/mol. The molecule has 1 heterocycles. The van der Waals surface area contributed by atoms with E-state index in [1.807, 2.05) is 6.07 Å². The molecule has 1 aromatic carbocycles. The van der Waals surface area contributed by atoms with E-state index in [4.69, 9.17) is 0 Å². The van der Waals surface area contributed by atoms with Crippen molar-refractivity contribution < 1.29 is 4.92 Å². The van der Waals surface area contributed by atoms with Crippen LogP contribution in [0.3, 0.4) is 0 Å². The van der Waals surface area contributed by atoms with Crippen LogP contribution in [0.4, 0.5) is 11.4 Å². The van der Waals surface area contributed by atoms with Crippen LogP contribution >= 0.6 is 22.6 Å². The van der Waals surface area contributed by atoms with Crippen molar-refractivity contribution in [3.63, 3.8) is 0 Å². The minimum absolute atomic E-state index is 0.141. The van der Waals surface area contributed by atoms with Crippen LogP contribution in [0.1, 0.15) is 19.3 Å². The van der Waals surface area contributed by atoms with Crippen molar-refractivity contribution in [2.75, 3.05) is 18.5 Å². The smallest absolute Gasteiger partial charge is 0.294 e. The molecule has 0 aliphatic carbocycles. The fourth-order valence-electron chi connectivity index (χ4n) is 1.93. The van der Waals surface area contributed by atoms with E-state index >= 15 is 0 Å². The van der Waals surface area contributed by atoms with Crippen LogP contribution in [-0.2, 0) is 0 Å². The predicted octanol–water partition coefficient (Wildman–Crippen LogP) is 3.01. The van der Waals surface area contributed by atoms with Crippen molar-refractivity contribution in [3.05, 3.63) is 31.9 Å². The Bertz CT molecular complexity index is 419. The Labute approximate surface area is 113 Å². The largest absolute Gasteiger partial charge is 0.313 e. The summed E-state index contributed by atoms with van der Waals surface area (Å²) in [5, 5.41) is 13.0. The highest BCUT2D eigenvalue weighted by Crippen LogP contribution is 2.27. The maximum absolute atomic E-state index is 11.0. The molecule has 2 rings (SSSR count). The number of piperidine rings is 1. The van der Waals surface area contributed by atoms with Crippen LogP contribution < -0.4 is 5.43 Å². The number of nitro groups is 1. The first-order valence-corrected chi connectivity index (χ1v) is 6.70. The Morgan fingerprint density at radius 3 is 2.65 bits per heavy atom. The molecule has 1 fully saturated rings. The third-order valence-electron chi connectivity index (χ3n) is 2.79. The summed E-state index contributed by atoms with van der Waals surface area (Å²) in [4.78, 5) is 10.6. The molecule has 0 unspecified atom stereocenters. The van der Waals surface area contributed by atoms with Gasteiger partial charge in [-0.2, -0.15) is 0 Å². The highest BCUT2D eigenvalue weighted by atomic mass is 127. The summed E-state index contributed by atoms with van der Waals surface area (Å²) in [6.45, 7) is 1.90. The van der Waals surface area contributed by atoms with Gasteiger partial charge in [0.15, 0.2) is 0 Å². The Kier molecular flexibility index (Phi) is 4.16. The minimum atomic E-state index is -0.339. The number of hydrazine groups is 1. The number of halogens is 1. The van der Waals surface area contributed by atoms with E-state index in [0.29, 0.717) is 5.69 Å². The molecule has 6 heteroatoms. The number of nitrogens with one attached hydrogen (secondary N) is 1. The van der Waals surface area contributed by atoms with Gasteiger partial charge in [0.2, 0.25) is 0 Å². The standard InChI is InChI=1S/C11H14IN3O2/c12-9-4-5-10(11(8-9)15(16)17)13-14-6-2-1-3-7-14/h4-5,8,13H,1-3,6-7H2. The molecule has 0 aromatic heterocycles. The molecule has 1 aliphatic heterocycles. The van der Waals surface area contributed by atoms with Crippen LogP contribution in [0, 0.1) is 13.7 Å². The van der Waals surface area contributed by atoms with Crippen LogP contribution in [0.25, 0.3) is 0 Å². The summed E-state index contributed by atoms with van der Waals surface area (Å²) in [5.41, 5.74) is 3.87. The average Bonchev–Trinajstić information content (AvgIpc) is 2.32. The molecule has 1 saturated heterocycles. The second-order valence-corrected chi connectivity index (χ2v) is 5.32. The molecular weight excluding hydrogens is 333 g/mol. The van der Waals surface area contributed by atoms with Crippen LogP contribution in [-0.4, -0.2) is 23.0 Å². The van der Waals surface area contributed by atoms with Gasteiger partial charge < -0.3 is 5.43 Å². The highest BCUT2D eigenvalue weighted by molar-refractivity contribution is 14.1. The van der Waals surface area contributed by atoms with Gasteiger partial charge in [-0.1, -0.05) is 6.42 Å². The van der Waals surface area contributed by atoms with Gasteiger partial charge in [-0.25, -0.2) is 5.01 Å². The van der Waals surface area contributed by atoms with Gasteiger partial charge in [0, 0.05) is 22.7 Å². The zero-order chi connectivity index (χ0) is 12.3. The summed E-state index contributed by atoms with van der Waals surface area (Å²) in [7, 11) is 0. The first-order chi connectivity index (χ1) is 8.16. The van der Waals surface area contributed by atoms with Gasteiger partial charge in [0.1, 0.15) is 5.69 Å². The van der Waals surface area contributed by atoms with Crippen molar-refractivity contribution >= 4 is 34.0 Å². The molecule has 0 atom stereocenters. The Morgan fingerprint density at radius 2 is 2.00 bits per heavy atom. The maximum Gasteiger partial charge on any atom is 0.294 e. The molecule has 1 N–H and O–H groups in total. The number of hydrogen-bond donors (Lipinski definition) is 1. The summed E-state index contributed by atoms with van der Waals surface area (Å²) in [5.74, 6) is 0. The molecule has 1 aliphatic rings. The Morgan fingerprint density at radius 1 is 1.29 bits per heavy atom. The lowest BCUT2D eigenvalue weighted by molar-refractivity contribution is -0.384. The molecule has 0 radical (unpaired) electrons. The first kappa shape index (κ1) is 12.6. The van der Waals surface area contributed by atoms with Gasteiger partial charge >= 0.3 is 0 Å². The summed E-state index contributed by atoms with van der Waals surface area (Å²) < 4.78 is 0.874. The first-order valence-electron chi connectivity index (χ1n) is 5.62. The molecule has 0 saturated carbocycles. The normalized spacial score (nSPS) is 16.8. The van der Waals surface area contributed by atoms with Gasteiger partial charge in [-0.15, -0.1) is 0 Å². The quantitative estimate of drug-likeness (QED) is 0.519. The number of benzene rings is 1. The summed E-state index contributed by atoms with van der Waals surface area (Å²) in [6.07, 6.45) is 3.53. The van der Waals surface area contributed by atoms with Gasteiger partial charge in [0.05, 0.1) is 4.92 Å². The van der Waals surface area contributed by atoms with Gasteiger partial charge in [-0.3, -0.25) is 10.1 Å². The Balaban J connectivity index is 2.16. The number of anilines is 1. The maximum atomic E-state index is 11.0. The fourth-order valence-corrected chi connectivity index (χ4v) is 2.40. The molecule has 17 heavy (non-hydrogen) atoms. The SMILES string of the molecule is O=[N+]([O-])c1cc(I)ccc1NN1CCCCC1. The summed E-state index contributed by atoms with van der Waals surface area (Å²) in [6, 6.07) is 5.24. The van der Waals surface area contributed by atoms with E-state index < -0.39 is 0 Å². The van der Waals surface area contributed by atoms with Crippen molar-refractivity contribution in [1.82, 2.24) is 5.01 Å². The zero-order valence-corrected chi connectivity index (χ0v) is 11.5. The van der Waals surface area contributed by atoms with Crippen molar-refractivity contribution in [2.24, 2.45) is 0 Å². The average molecular weight is 347 g/mol. The van der Waals surface area contributed by atoms with Crippen LogP contribution in [0.2, 0.25) is 0 Å². The topological polar surface area (TPSA) is 58.4 Å². The number of rotatable bonds is 3. The molecule has 5 nitrogen and oxygen atoms in total. The van der Waals surface area contributed by atoms with E-state index in [1.165, 1.54) is 6.42 Å². The lowest BCUT2D eigenvalue weighted by Gasteiger charge is -2.27. The van der Waals surface area contributed by atoms with Crippen molar-refractivity contribution in [2.45, 2.75) is 19.3 Å². The van der Waals surface area contributed by atoms with E-state index in [0.717, 1.165) is 29.5 Å². The number of nitrogens with zero attached hydrogens (tertiary/aromatic N) is 2. The number of nitro benzene ring substituents is 1. The van der Waals surface area contributed by atoms with E-state index in [9.17, 15) is 10.1 Å². The molecular formula is C11H14IN3O2. The van der Waals surface area contributed by atoms with E-state index in [-0.39, 0.29) is 10.6 Å². The number of hydrogen-bond acceptors (Lipinski definition) is 4.